The van der Waals surface area contributed by atoms with Crippen molar-refractivity contribution in [1.29, 1.82) is 0 Å². The van der Waals surface area contributed by atoms with Gasteiger partial charge in [-0.25, -0.2) is 0 Å². The largest absolute Gasteiger partial charge is 0.324 e. The van der Waals surface area contributed by atoms with Crippen LogP contribution in [0, 0.1) is 0 Å². The van der Waals surface area contributed by atoms with Crippen molar-refractivity contribution in [3.05, 3.63) is 47.8 Å². The lowest BCUT2D eigenvalue weighted by atomic mass is 10.0. The van der Waals surface area contributed by atoms with Gasteiger partial charge in [-0.05, 0) is 41.9 Å². The second-order valence-electron chi connectivity index (χ2n) is 4.67. The Balaban J connectivity index is 1.90. The van der Waals surface area contributed by atoms with E-state index < -0.39 is 0 Å². The van der Waals surface area contributed by atoms with Gasteiger partial charge in [0.2, 0.25) is 0 Å². The quantitative estimate of drug-likeness (QED) is 0.824. The molecule has 1 atom stereocenters. The monoisotopic (exact) mass is 275 g/mol. The Bertz CT molecular complexity index is 504. The number of thioether (sulfide) groups is 1. The number of benzene rings is 1. The first kappa shape index (κ1) is 14.2. The van der Waals surface area contributed by atoms with Crippen molar-refractivity contribution in [2.75, 3.05) is 5.75 Å². The lowest BCUT2D eigenvalue weighted by Gasteiger charge is -2.12. The first-order valence-corrected chi connectivity index (χ1v) is 7.63. The molecule has 2 aromatic rings. The fraction of sp³-hybridized carbons (Fsp3) is 0.400. The summed E-state index contributed by atoms with van der Waals surface area (Å²) in [6.45, 7) is 2.16. The minimum absolute atomic E-state index is 0.0980. The van der Waals surface area contributed by atoms with Crippen LogP contribution >= 0.6 is 11.8 Å². The molecule has 1 unspecified atom stereocenters. The SMILES string of the molecule is CCSc1ccc(C(N)CCc2cnn(C)c2)cc1. The Kier molecular flexibility index (Phi) is 5.05. The van der Waals surface area contributed by atoms with Gasteiger partial charge in [-0.15, -0.1) is 11.8 Å². The molecular weight excluding hydrogens is 254 g/mol. The third kappa shape index (κ3) is 4.11. The van der Waals surface area contributed by atoms with Crippen LogP contribution in [-0.4, -0.2) is 15.5 Å². The third-order valence-corrected chi connectivity index (χ3v) is 4.02. The number of nitrogens with two attached hydrogens (primary N) is 1. The molecule has 0 amide bonds. The normalized spacial score (nSPS) is 12.6. The van der Waals surface area contributed by atoms with E-state index in [0.29, 0.717) is 0 Å². The Morgan fingerprint density at radius 3 is 2.63 bits per heavy atom. The average Bonchev–Trinajstić information content (AvgIpc) is 2.83. The number of aryl methyl sites for hydroxylation is 2. The summed E-state index contributed by atoms with van der Waals surface area (Å²) in [5.41, 5.74) is 8.70. The van der Waals surface area contributed by atoms with E-state index in [2.05, 4.69) is 36.3 Å². The van der Waals surface area contributed by atoms with Crippen molar-refractivity contribution in [2.24, 2.45) is 12.8 Å². The van der Waals surface area contributed by atoms with Gasteiger partial charge in [-0.1, -0.05) is 19.1 Å². The van der Waals surface area contributed by atoms with Crippen molar-refractivity contribution >= 4 is 11.8 Å². The molecule has 2 rings (SSSR count). The summed E-state index contributed by atoms with van der Waals surface area (Å²) >= 11 is 1.86. The average molecular weight is 275 g/mol. The summed E-state index contributed by atoms with van der Waals surface area (Å²) in [6.07, 6.45) is 5.88. The van der Waals surface area contributed by atoms with Gasteiger partial charge in [0.05, 0.1) is 6.20 Å². The van der Waals surface area contributed by atoms with Crippen LogP contribution in [0.15, 0.2) is 41.6 Å². The van der Waals surface area contributed by atoms with Crippen LogP contribution in [0.2, 0.25) is 0 Å². The molecule has 0 saturated carbocycles. The van der Waals surface area contributed by atoms with E-state index in [1.165, 1.54) is 16.0 Å². The molecule has 19 heavy (non-hydrogen) atoms. The van der Waals surface area contributed by atoms with E-state index in [1.54, 1.807) is 0 Å². The minimum atomic E-state index is 0.0980. The van der Waals surface area contributed by atoms with Crippen molar-refractivity contribution in [1.82, 2.24) is 9.78 Å². The molecule has 0 spiro atoms. The van der Waals surface area contributed by atoms with Crippen molar-refractivity contribution in [3.63, 3.8) is 0 Å². The van der Waals surface area contributed by atoms with Crippen LogP contribution in [0.1, 0.15) is 30.5 Å². The van der Waals surface area contributed by atoms with E-state index in [9.17, 15) is 0 Å². The van der Waals surface area contributed by atoms with Gasteiger partial charge >= 0.3 is 0 Å². The zero-order valence-electron chi connectivity index (χ0n) is 11.5. The molecule has 0 radical (unpaired) electrons. The molecule has 2 N–H and O–H groups in total. The summed E-state index contributed by atoms with van der Waals surface area (Å²) < 4.78 is 1.83. The first-order chi connectivity index (χ1) is 9.19. The topological polar surface area (TPSA) is 43.8 Å². The van der Waals surface area contributed by atoms with Crippen LogP contribution in [-0.2, 0) is 13.5 Å². The van der Waals surface area contributed by atoms with Crippen molar-refractivity contribution in [3.8, 4) is 0 Å². The van der Waals surface area contributed by atoms with Crippen molar-refractivity contribution in [2.45, 2.75) is 30.7 Å². The maximum absolute atomic E-state index is 6.24. The third-order valence-electron chi connectivity index (χ3n) is 3.12. The molecule has 0 aliphatic heterocycles. The predicted octanol–water partition coefficient (Wildman–Crippen LogP) is 3.16. The van der Waals surface area contributed by atoms with Gasteiger partial charge in [0.25, 0.3) is 0 Å². The second kappa shape index (κ2) is 6.78. The number of rotatable bonds is 6. The van der Waals surface area contributed by atoms with E-state index in [-0.39, 0.29) is 6.04 Å². The Morgan fingerprint density at radius 1 is 1.32 bits per heavy atom. The molecule has 0 saturated heterocycles. The van der Waals surface area contributed by atoms with Crippen LogP contribution < -0.4 is 5.73 Å². The number of hydrogen-bond acceptors (Lipinski definition) is 3. The molecule has 102 valence electrons. The Morgan fingerprint density at radius 2 is 2.05 bits per heavy atom. The molecule has 4 heteroatoms. The first-order valence-electron chi connectivity index (χ1n) is 6.65. The lowest BCUT2D eigenvalue weighted by molar-refractivity contribution is 0.650. The minimum Gasteiger partial charge on any atom is -0.324 e. The van der Waals surface area contributed by atoms with Gasteiger partial charge < -0.3 is 5.73 Å². The lowest BCUT2D eigenvalue weighted by Crippen LogP contribution is -2.11. The molecule has 0 fully saturated rings. The summed E-state index contributed by atoms with van der Waals surface area (Å²) in [7, 11) is 1.94. The standard InChI is InChI=1S/C15H21N3S/c1-3-19-14-7-5-13(6-8-14)15(16)9-4-12-10-17-18(2)11-12/h5-8,10-11,15H,3-4,9,16H2,1-2H3. The zero-order chi connectivity index (χ0) is 13.7. The van der Waals surface area contributed by atoms with Crippen LogP contribution in [0.4, 0.5) is 0 Å². The molecule has 0 aliphatic carbocycles. The van der Waals surface area contributed by atoms with Gasteiger partial charge in [-0.3, -0.25) is 4.68 Å². The smallest absolute Gasteiger partial charge is 0.0521 e. The zero-order valence-corrected chi connectivity index (χ0v) is 12.4. The van der Waals surface area contributed by atoms with E-state index in [1.807, 2.05) is 35.9 Å². The van der Waals surface area contributed by atoms with Crippen molar-refractivity contribution < 1.29 is 0 Å². The molecule has 0 aliphatic rings. The fourth-order valence-corrected chi connectivity index (χ4v) is 2.73. The number of nitrogens with zero attached hydrogens (tertiary/aromatic N) is 2. The summed E-state index contributed by atoms with van der Waals surface area (Å²) in [4.78, 5) is 1.31. The van der Waals surface area contributed by atoms with Gasteiger partial charge in [0.1, 0.15) is 0 Å². The highest BCUT2D eigenvalue weighted by Gasteiger charge is 2.07. The van der Waals surface area contributed by atoms with E-state index >= 15 is 0 Å². The van der Waals surface area contributed by atoms with E-state index in [0.717, 1.165) is 18.6 Å². The van der Waals surface area contributed by atoms with Gasteiger partial charge in [0, 0.05) is 24.2 Å². The molecule has 1 aromatic carbocycles. The van der Waals surface area contributed by atoms with Crippen LogP contribution in [0.25, 0.3) is 0 Å². The highest BCUT2D eigenvalue weighted by Crippen LogP contribution is 2.22. The summed E-state index contributed by atoms with van der Waals surface area (Å²) in [6, 6.07) is 8.71. The summed E-state index contributed by atoms with van der Waals surface area (Å²) in [5.74, 6) is 1.10. The van der Waals surface area contributed by atoms with E-state index in [4.69, 9.17) is 5.73 Å². The molecule has 1 aromatic heterocycles. The molecular formula is C15H21N3S. The fourth-order valence-electron chi connectivity index (χ4n) is 2.07. The Labute approximate surface area is 119 Å². The predicted molar refractivity (Wildman–Crippen MR) is 81.3 cm³/mol. The van der Waals surface area contributed by atoms with Crippen LogP contribution in [0.5, 0.6) is 0 Å². The highest BCUT2D eigenvalue weighted by atomic mass is 32.2. The number of aromatic nitrogens is 2. The number of hydrogen-bond donors (Lipinski definition) is 1. The summed E-state index contributed by atoms with van der Waals surface area (Å²) in [5, 5.41) is 4.17. The molecule has 0 bridgehead atoms. The Hall–Kier alpha value is -1.26. The molecule has 3 nitrogen and oxygen atoms in total. The van der Waals surface area contributed by atoms with Gasteiger partial charge in [0.15, 0.2) is 0 Å². The molecule has 1 heterocycles. The maximum Gasteiger partial charge on any atom is 0.0521 e. The van der Waals surface area contributed by atoms with Gasteiger partial charge in [-0.2, -0.15) is 5.10 Å². The second-order valence-corrected chi connectivity index (χ2v) is 6.01. The highest BCUT2D eigenvalue weighted by molar-refractivity contribution is 7.99. The maximum atomic E-state index is 6.24. The van der Waals surface area contributed by atoms with Crippen LogP contribution in [0.3, 0.4) is 0 Å².